The van der Waals surface area contributed by atoms with Crippen LogP contribution in [-0.4, -0.2) is 55.1 Å². The van der Waals surface area contributed by atoms with E-state index in [4.69, 9.17) is 22.1 Å². The molecule has 2 aliphatic heterocycles. The number of hydrogen-bond acceptors (Lipinski definition) is 6. The van der Waals surface area contributed by atoms with Crippen molar-refractivity contribution in [2.75, 3.05) is 42.6 Å². The van der Waals surface area contributed by atoms with Gasteiger partial charge in [0.05, 0.1) is 40.7 Å². The van der Waals surface area contributed by atoms with E-state index in [9.17, 15) is 22.8 Å². The number of likely N-dealkylation sites (tertiary alicyclic amines) is 1. The van der Waals surface area contributed by atoms with Crippen LogP contribution in [0.3, 0.4) is 0 Å². The van der Waals surface area contributed by atoms with Gasteiger partial charge in [-0.3, -0.25) is 14.5 Å². The number of halogens is 4. The number of nitrogens with zero attached hydrogens (tertiary/aromatic N) is 1. The van der Waals surface area contributed by atoms with Crippen molar-refractivity contribution in [3.05, 3.63) is 94.5 Å². The molecule has 5 rings (SSSR count). The first-order valence-electron chi connectivity index (χ1n) is 13.3. The van der Waals surface area contributed by atoms with Crippen molar-refractivity contribution < 1.29 is 27.5 Å². The molecule has 0 aromatic heterocycles. The van der Waals surface area contributed by atoms with E-state index in [0.29, 0.717) is 48.8 Å². The van der Waals surface area contributed by atoms with Gasteiger partial charge >= 0.3 is 6.18 Å². The number of carbonyl (C=O) groups excluding carboxylic acids is 2. The number of rotatable bonds is 10. The van der Waals surface area contributed by atoms with Crippen LogP contribution in [0.5, 0.6) is 0 Å². The Kier molecular flexibility index (Phi) is 8.83. The molecule has 3 unspecified atom stereocenters. The summed E-state index contributed by atoms with van der Waals surface area (Å²) in [5.74, 6) is -0.807. The number of nitrogens with two attached hydrogens (primary N) is 1. The van der Waals surface area contributed by atoms with Gasteiger partial charge in [0.15, 0.2) is 0 Å². The quantitative estimate of drug-likeness (QED) is 0.194. The standard InChI is InChI=1S/C30H29ClF3N5O3/c31-22-15-20(10-11-21(22)30(32,33)34)37-29(41)28(36-13-14-39-16-26-25(39)17-42-26)19-8-5-18(6-9-19)7-12-27(40)38-24-4-2-1-3-23(24)35/h1-12,15,25-26,28,36H,13-14,16-17,35H2,(H,37,41)(H,38,40)/b12-7+. The molecule has 0 bridgehead atoms. The Morgan fingerprint density at radius 1 is 1.10 bits per heavy atom. The van der Waals surface area contributed by atoms with Gasteiger partial charge in [0.1, 0.15) is 6.04 Å². The largest absolute Gasteiger partial charge is 0.417 e. The maximum Gasteiger partial charge on any atom is 0.417 e. The number of nitrogens with one attached hydrogen (secondary N) is 3. The highest BCUT2D eigenvalue weighted by atomic mass is 35.5. The molecule has 12 heteroatoms. The molecule has 220 valence electrons. The van der Waals surface area contributed by atoms with Crippen LogP contribution in [-0.2, 0) is 20.5 Å². The molecule has 3 atom stereocenters. The Bertz CT molecular complexity index is 1480. The molecule has 2 heterocycles. The van der Waals surface area contributed by atoms with Crippen molar-refractivity contribution in [3.8, 4) is 0 Å². The zero-order valence-corrected chi connectivity index (χ0v) is 23.1. The van der Waals surface area contributed by atoms with Gasteiger partial charge in [-0.2, -0.15) is 13.2 Å². The van der Waals surface area contributed by atoms with Gasteiger partial charge in [-0.1, -0.05) is 48.0 Å². The molecule has 2 amide bonds. The Morgan fingerprint density at radius 2 is 1.86 bits per heavy atom. The Morgan fingerprint density at radius 3 is 2.48 bits per heavy atom. The van der Waals surface area contributed by atoms with E-state index in [1.165, 1.54) is 12.1 Å². The fraction of sp³-hybridized carbons (Fsp3) is 0.267. The van der Waals surface area contributed by atoms with Crippen molar-refractivity contribution in [2.45, 2.75) is 24.4 Å². The van der Waals surface area contributed by atoms with Crippen molar-refractivity contribution >= 4 is 46.6 Å². The molecule has 3 aromatic rings. The van der Waals surface area contributed by atoms with Crippen LogP contribution in [0.1, 0.15) is 22.7 Å². The molecule has 0 aliphatic carbocycles. The number of para-hydroxylation sites is 2. The van der Waals surface area contributed by atoms with Gasteiger partial charge in [0, 0.05) is 31.4 Å². The SMILES string of the molecule is Nc1ccccc1NC(=O)/C=C/c1ccc(C(NCCN2CC3OCC32)C(=O)Nc2ccc(C(F)(F)F)c(Cl)c2)cc1. The van der Waals surface area contributed by atoms with E-state index in [0.717, 1.165) is 24.2 Å². The lowest BCUT2D eigenvalue weighted by atomic mass is 9.95. The highest BCUT2D eigenvalue weighted by molar-refractivity contribution is 6.31. The van der Waals surface area contributed by atoms with E-state index in [2.05, 4.69) is 20.9 Å². The molecule has 2 aliphatic rings. The Labute approximate surface area is 245 Å². The second-order valence-corrected chi connectivity index (χ2v) is 10.5. The van der Waals surface area contributed by atoms with Crippen LogP contribution < -0.4 is 21.7 Å². The average Bonchev–Trinajstić information content (AvgIpc) is 2.93. The molecule has 0 spiro atoms. The summed E-state index contributed by atoms with van der Waals surface area (Å²) in [4.78, 5) is 27.9. The average molecular weight is 600 g/mol. The van der Waals surface area contributed by atoms with E-state index in [1.807, 2.05) is 0 Å². The summed E-state index contributed by atoms with van der Waals surface area (Å²) < 4.78 is 44.8. The maximum absolute atomic E-state index is 13.3. The van der Waals surface area contributed by atoms with Crippen LogP contribution in [0, 0.1) is 0 Å². The predicted octanol–water partition coefficient (Wildman–Crippen LogP) is 4.95. The first-order valence-corrected chi connectivity index (χ1v) is 13.7. The van der Waals surface area contributed by atoms with Gasteiger partial charge in [0.2, 0.25) is 11.8 Å². The summed E-state index contributed by atoms with van der Waals surface area (Å²) in [6.45, 7) is 2.76. The number of hydrogen-bond donors (Lipinski definition) is 4. The molecule has 0 saturated carbocycles. The molecule has 2 fully saturated rings. The summed E-state index contributed by atoms with van der Waals surface area (Å²) in [7, 11) is 0. The van der Waals surface area contributed by atoms with Gasteiger partial charge in [0.25, 0.3) is 0 Å². The molecule has 42 heavy (non-hydrogen) atoms. The lowest BCUT2D eigenvalue weighted by molar-refractivity contribution is -0.213. The number of morpholine rings is 1. The lowest BCUT2D eigenvalue weighted by Crippen LogP contribution is -2.71. The van der Waals surface area contributed by atoms with Crippen LogP contribution in [0.4, 0.5) is 30.2 Å². The van der Waals surface area contributed by atoms with Gasteiger partial charge < -0.3 is 26.4 Å². The fourth-order valence-electron chi connectivity index (χ4n) is 4.83. The molecule has 8 nitrogen and oxygen atoms in total. The molecular formula is C30H29ClF3N5O3. The number of fused-ring (bicyclic) bond motifs is 1. The van der Waals surface area contributed by atoms with Gasteiger partial charge in [-0.05, 0) is 47.5 Å². The number of alkyl halides is 3. The second-order valence-electron chi connectivity index (χ2n) is 10.1. The van der Waals surface area contributed by atoms with E-state index in [-0.39, 0.29) is 11.6 Å². The zero-order valence-electron chi connectivity index (χ0n) is 22.3. The molecule has 2 saturated heterocycles. The number of amides is 2. The molecule has 5 N–H and O–H groups in total. The third-order valence-corrected chi connectivity index (χ3v) is 7.57. The summed E-state index contributed by atoms with van der Waals surface area (Å²) in [5.41, 5.74) is 7.35. The third-order valence-electron chi connectivity index (χ3n) is 7.26. The molecule has 3 aromatic carbocycles. The highest BCUT2D eigenvalue weighted by Gasteiger charge is 2.46. The summed E-state index contributed by atoms with van der Waals surface area (Å²) in [6.07, 6.45) is -1.30. The van der Waals surface area contributed by atoms with Crippen molar-refractivity contribution in [1.29, 1.82) is 0 Å². The summed E-state index contributed by atoms with van der Waals surface area (Å²) >= 11 is 5.84. The number of carbonyl (C=O) groups is 2. The summed E-state index contributed by atoms with van der Waals surface area (Å²) in [6, 6.07) is 16.7. The van der Waals surface area contributed by atoms with Crippen LogP contribution in [0.2, 0.25) is 5.02 Å². The highest BCUT2D eigenvalue weighted by Crippen LogP contribution is 2.36. The van der Waals surface area contributed by atoms with E-state index in [1.54, 1.807) is 54.6 Å². The van der Waals surface area contributed by atoms with E-state index < -0.39 is 28.7 Å². The normalized spacial score (nSPS) is 19.0. The maximum atomic E-state index is 13.3. The Balaban J connectivity index is 1.26. The number of ether oxygens (including phenoxy) is 1. The monoisotopic (exact) mass is 599 g/mol. The topological polar surface area (TPSA) is 109 Å². The zero-order chi connectivity index (χ0) is 29.9. The van der Waals surface area contributed by atoms with Crippen molar-refractivity contribution in [3.63, 3.8) is 0 Å². The third kappa shape index (κ3) is 6.93. The van der Waals surface area contributed by atoms with Crippen LogP contribution in [0.25, 0.3) is 6.08 Å². The fourth-order valence-corrected chi connectivity index (χ4v) is 5.11. The molecule has 0 radical (unpaired) electrons. The minimum atomic E-state index is -4.60. The summed E-state index contributed by atoms with van der Waals surface area (Å²) in [5, 5.41) is 8.15. The first-order chi connectivity index (χ1) is 20.1. The number of nitrogen functional groups attached to an aromatic ring is 1. The van der Waals surface area contributed by atoms with Crippen LogP contribution >= 0.6 is 11.6 Å². The lowest BCUT2D eigenvalue weighted by Gasteiger charge is -2.55. The van der Waals surface area contributed by atoms with E-state index >= 15 is 0 Å². The number of benzene rings is 3. The minimum Gasteiger partial charge on any atom is -0.397 e. The van der Waals surface area contributed by atoms with Gasteiger partial charge in [-0.15, -0.1) is 0 Å². The Hall–Kier alpha value is -3.90. The van der Waals surface area contributed by atoms with Gasteiger partial charge in [-0.25, -0.2) is 0 Å². The molecular weight excluding hydrogens is 571 g/mol. The smallest absolute Gasteiger partial charge is 0.397 e. The van der Waals surface area contributed by atoms with Crippen molar-refractivity contribution in [1.82, 2.24) is 10.2 Å². The van der Waals surface area contributed by atoms with Crippen molar-refractivity contribution in [2.24, 2.45) is 0 Å². The first kappa shape index (κ1) is 29.6. The predicted molar refractivity (Wildman–Crippen MR) is 156 cm³/mol. The second kappa shape index (κ2) is 12.5. The number of anilines is 3. The van der Waals surface area contributed by atoms with Crippen LogP contribution in [0.15, 0.2) is 72.8 Å². The minimum absolute atomic E-state index is 0.145.